The van der Waals surface area contributed by atoms with Gasteiger partial charge in [0.25, 0.3) is 0 Å². The van der Waals surface area contributed by atoms with E-state index >= 15 is 0 Å². The fourth-order valence-electron chi connectivity index (χ4n) is 8.34. The molecule has 0 aliphatic heterocycles. The molecule has 408 valence electrons. The van der Waals surface area contributed by atoms with E-state index in [0.29, 0.717) is 19.3 Å². The molecule has 0 aliphatic rings. The summed E-state index contributed by atoms with van der Waals surface area (Å²) < 4.78 is 16.9. The van der Waals surface area contributed by atoms with Gasteiger partial charge >= 0.3 is 17.9 Å². The van der Waals surface area contributed by atoms with E-state index in [0.717, 1.165) is 103 Å². The number of carbonyl (C=O) groups excluding carboxylic acids is 3. The molecule has 6 nitrogen and oxygen atoms in total. The van der Waals surface area contributed by atoms with E-state index in [4.69, 9.17) is 14.2 Å². The predicted molar refractivity (Wildman–Crippen MR) is 307 cm³/mol. The van der Waals surface area contributed by atoms with Gasteiger partial charge in [-0.3, -0.25) is 14.4 Å². The Kier molecular flexibility index (Phi) is 56.3. The Morgan fingerprint density at radius 2 is 0.549 bits per heavy atom. The molecule has 0 aliphatic carbocycles. The lowest BCUT2D eigenvalue weighted by atomic mass is 10.1. The van der Waals surface area contributed by atoms with Crippen LogP contribution in [0.25, 0.3) is 0 Å². The van der Waals surface area contributed by atoms with Crippen LogP contribution in [0.1, 0.15) is 290 Å². The van der Waals surface area contributed by atoms with Crippen molar-refractivity contribution < 1.29 is 28.6 Å². The van der Waals surface area contributed by atoms with E-state index in [1.165, 1.54) is 148 Å². The Morgan fingerprint density at radius 3 is 0.859 bits per heavy atom. The summed E-state index contributed by atoms with van der Waals surface area (Å²) in [7, 11) is 0. The van der Waals surface area contributed by atoms with Gasteiger partial charge in [-0.05, 0) is 116 Å². The van der Waals surface area contributed by atoms with Gasteiger partial charge in [-0.25, -0.2) is 0 Å². The van der Waals surface area contributed by atoms with E-state index in [-0.39, 0.29) is 31.1 Å². The molecule has 0 aromatic heterocycles. The monoisotopic (exact) mass is 989 g/mol. The third-order valence-corrected chi connectivity index (χ3v) is 12.9. The maximum Gasteiger partial charge on any atom is 0.306 e. The van der Waals surface area contributed by atoms with Crippen LogP contribution in [0.3, 0.4) is 0 Å². The normalized spacial score (nSPS) is 12.7. The zero-order valence-corrected chi connectivity index (χ0v) is 46.7. The molecule has 0 aromatic carbocycles. The fraction of sp³-hybridized carbons (Fsp3) is 0.738. The van der Waals surface area contributed by atoms with Crippen molar-refractivity contribution in [2.24, 2.45) is 0 Å². The number of carbonyl (C=O) groups is 3. The minimum absolute atomic E-state index is 0.0848. The van der Waals surface area contributed by atoms with E-state index < -0.39 is 6.10 Å². The largest absolute Gasteiger partial charge is 0.462 e. The average Bonchev–Trinajstić information content (AvgIpc) is 3.37. The molecule has 0 bridgehead atoms. The van der Waals surface area contributed by atoms with E-state index in [2.05, 4.69) is 106 Å². The van der Waals surface area contributed by atoms with E-state index in [9.17, 15) is 14.4 Å². The van der Waals surface area contributed by atoms with Gasteiger partial charge in [0.2, 0.25) is 0 Å². The van der Waals surface area contributed by atoms with Crippen molar-refractivity contribution >= 4 is 17.9 Å². The SMILES string of the molecule is CC/C=C\C/C=C\C/C=C\CCCCCCCCCCCC(=O)OCC(COC(=O)CCCCCCCCC/C=C\C/C=C\CCCCC)OC(=O)CCCCCCCCC/C=C\C/C=C\CCCCC. The molecular formula is C65H112O6. The van der Waals surface area contributed by atoms with Crippen LogP contribution in [0.2, 0.25) is 0 Å². The molecule has 6 heteroatoms. The molecule has 0 aromatic rings. The summed E-state index contributed by atoms with van der Waals surface area (Å²) in [5, 5.41) is 0. The lowest BCUT2D eigenvalue weighted by Gasteiger charge is -2.18. The van der Waals surface area contributed by atoms with Crippen LogP contribution in [0.4, 0.5) is 0 Å². The molecule has 0 amide bonds. The Bertz CT molecular complexity index is 1370. The Morgan fingerprint density at radius 1 is 0.296 bits per heavy atom. The average molecular weight is 990 g/mol. The van der Waals surface area contributed by atoms with Gasteiger partial charge in [0, 0.05) is 19.3 Å². The number of hydrogen-bond acceptors (Lipinski definition) is 6. The van der Waals surface area contributed by atoms with Crippen LogP contribution in [-0.4, -0.2) is 37.2 Å². The Hall–Kier alpha value is -3.41. The number of esters is 3. The highest BCUT2D eigenvalue weighted by atomic mass is 16.6. The quantitative estimate of drug-likeness (QED) is 0.0261. The van der Waals surface area contributed by atoms with Crippen molar-refractivity contribution in [3.05, 3.63) is 85.1 Å². The lowest BCUT2D eigenvalue weighted by Crippen LogP contribution is -2.30. The van der Waals surface area contributed by atoms with Crippen LogP contribution in [0.5, 0.6) is 0 Å². The summed E-state index contributed by atoms with van der Waals surface area (Å²) in [6.07, 6.45) is 77.1. The van der Waals surface area contributed by atoms with Crippen molar-refractivity contribution in [2.75, 3.05) is 13.2 Å². The topological polar surface area (TPSA) is 78.9 Å². The highest BCUT2D eigenvalue weighted by molar-refractivity contribution is 5.71. The third-order valence-electron chi connectivity index (χ3n) is 12.9. The number of allylic oxidation sites excluding steroid dienone is 14. The number of ether oxygens (including phenoxy) is 3. The van der Waals surface area contributed by atoms with Crippen LogP contribution in [0, 0.1) is 0 Å². The molecule has 71 heavy (non-hydrogen) atoms. The highest BCUT2D eigenvalue weighted by Gasteiger charge is 2.19. The van der Waals surface area contributed by atoms with Gasteiger partial charge < -0.3 is 14.2 Å². The van der Waals surface area contributed by atoms with Crippen LogP contribution in [-0.2, 0) is 28.6 Å². The molecule has 0 saturated carbocycles. The minimum Gasteiger partial charge on any atom is -0.462 e. The summed E-state index contributed by atoms with van der Waals surface area (Å²) in [5.74, 6) is -0.897. The summed E-state index contributed by atoms with van der Waals surface area (Å²) in [6, 6.07) is 0. The Labute approximate surface area is 439 Å². The van der Waals surface area contributed by atoms with Crippen LogP contribution >= 0.6 is 0 Å². The number of unbranched alkanes of at least 4 members (excludes halogenated alkanes) is 29. The van der Waals surface area contributed by atoms with Crippen LogP contribution < -0.4 is 0 Å². The Balaban J connectivity index is 4.41. The van der Waals surface area contributed by atoms with Crippen molar-refractivity contribution in [1.82, 2.24) is 0 Å². The molecule has 1 atom stereocenters. The first-order valence-corrected chi connectivity index (χ1v) is 30.1. The van der Waals surface area contributed by atoms with Crippen molar-refractivity contribution in [2.45, 2.75) is 297 Å². The summed E-state index contributed by atoms with van der Waals surface area (Å²) in [4.78, 5) is 38.3. The first-order valence-electron chi connectivity index (χ1n) is 30.1. The first-order chi connectivity index (χ1) is 35.0. The molecule has 0 radical (unpaired) electrons. The minimum atomic E-state index is -0.788. The molecular weight excluding hydrogens is 877 g/mol. The highest BCUT2D eigenvalue weighted by Crippen LogP contribution is 2.15. The maximum atomic E-state index is 12.9. The van der Waals surface area contributed by atoms with Gasteiger partial charge in [0.05, 0.1) is 0 Å². The summed E-state index contributed by atoms with van der Waals surface area (Å²) in [5.41, 5.74) is 0. The zero-order chi connectivity index (χ0) is 51.4. The number of hydrogen-bond donors (Lipinski definition) is 0. The van der Waals surface area contributed by atoms with E-state index in [1.807, 2.05) is 0 Å². The second kappa shape index (κ2) is 59.2. The molecule has 0 saturated heterocycles. The standard InChI is InChI=1S/C65H112O6/c1-4-7-10-13-16-19-22-25-28-31-32-35-37-40-43-46-49-52-55-58-64(67)70-61-62(71-65(68)59-56-53-50-47-44-41-38-34-30-27-24-21-18-15-12-9-6-3)60-69-63(66)57-54-51-48-45-42-39-36-33-29-26-23-20-17-14-11-8-5-2/h7,10,16-21,25-30,62H,4-6,8-9,11-15,22-24,31-61H2,1-3H3/b10-7-,19-16-,20-17-,21-18-,28-25-,29-26-,30-27-. The summed E-state index contributed by atoms with van der Waals surface area (Å²) in [6.45, 7) is 6.48. The molecule has 0 heterocycles. The first kappa shape index (κ1) is 67.6. The summed E-state index contributed by atoms with van der Waals surface area (Å²) >= 11 is 0. The van der Waals surface area contributed by atoms with Gasteiger partial charge in [-0.15, -0.1) is 0 Å². The smallest absolute Gasteiger partial charge is 0.306 e. The molecule has 0 rings (SSSR count). The third kappa shape index (κ3) is 57.4. The predicted octanol–water partition coefficient (Wildman–Crippen LogP) is 20.3. The van der Waals surface area contributed by atoms with Crippen LogP contribution in [0.15, 0.2) is 85.1 Å². The van der Waals surface area contributed by atoms with Gasteiger partial charge in [0.1, 0.15) is 13.2 Å². The zero-order valence-electron chi connectivity index (χ0n) is 46.7. The second-order valence-corrected chi connectivity index (χ2v) is 19.9. The number of rotatable bonds is 54. The van der Waals surface area contributed by atoms with Gasteiger partial charge in [-0.1, -0.05) is 241 Å². The molecule has 1 unspecified atom stereocenters. The van der Waals surface area contributed by atoms with Gasteiger partial charge in [-0.2, -0.15) is 0 Å². The van der Waals surface area contributed by atoms with E-state index in [1.54, 1.807) is 0 Å². The maximum absolute atomic E-state index is 12.9. The second-order valence-electron chi connectivity index (χ2n) is 19.9. The molecule has 0 fully saturated rings. The van der Waals surface area contributed by atoms with Crippen molar-refractivity contribution in [1.29, 1.82) is 0 Å². The molecule has 0 N–H and O–H groups in total. The van der Waals surface area contributed by atoms with Gasteiger partial charge in [0.15, 0.2) is 6.10 Å². The van der Waals surface area contributed by atoms with Crippen molar-refractivity contribution in [3.63, 3.8) is 0 Å². The van der Waals surface area contributed by atoms with Crippen molar-refractivity contribution in [3.8, 4) is 0 Å². The lowest BCUT2D eigenvalue weighted by molar-refractivity contribution is -0.167. The molecule has 0 spiro atoms. The fourth-order valence-corrected chi connectivity index (χ4v) is 8.34.